The SMILES string of the molecule is C[C@H](Oc1ccc(F)cc1)C(=O)NCC1(N(C)C)CCCCC1. The number of halogens is 1. The van der Waals surface area contributed by atoms with Gasteiger partial charge in [-0.2, -0.15) is 0 Å². The van der Waals surface area contributed by atoms with E-state index in [4.69, 9.17) is 4.74 Å². The summed E-state index contributed by atoms with van der Waals surface area (Å²) in [7, 11) is 4.16. The van der Waals surface area contributed by atoms with Crippen LogP contribution >= 0.6 is 0 Å². The second-order valence-electron chi connectivity index (χ2n) is 6.61. The Morgan fingerprint density at radius 2 is 1.87 bits per heavy atom. The number of carbonyl (C=O) groups is 1. The van der Waals surface area contributed by atoms with E-state index in [0.717, 1.165) is 12.8 Å². The molecule has 0 heterocycles. The quantitative estimate of drug-likeness (QED) is 0.875. The van der Waals surface area contributed by atoms with Gasteiger partial charge in [0.25, 0.3) is 5.91 Å². The first kappa shape index (κ1) is 17.7. The van der Waals surface area contributed by atoms with E-state index in [-0.39, 0.29) is 17.3 Å². The number of nitrogens with one attached hydrogen (secondary N) is 1. The van der Waals surface area contributed by atoms with Gasteiger partial charge < -0.3 is 15.0 Å². The molecule has 1 aliphatic rings. The van der Waals surface area contributed by atoms with Crippen molar-refractivity contribution >= 4 is 5.91 Å². The second-order valence-corrected chi connectivity index (χ2v) is 6.61. The average molecular weight is 322 g/mol. The average Bonchev–Trinajstić information content (AvgIpc) is 2.55. The largest absolute Gasteiger partial charge is 0.481 e. The molecule has 0 unspecified atom stereocenters. The second kappa shape index (κ2) is 7.77. The maximum Gasteiger partial charge on any atom is 0.260 e. The van der Waals surface area contributed by atoms with Gasteiger partial charge in [-0.15, -0.1) is 0 Å². The Morgan fingerprint density at radius 1 is 1.26 bits per heavy atom. The van der Waals surface area contributed by atoms with Crippen molar-refractivity contribution < 1.29 is 13.9 Å². The third-order valence-corrected chi connectivity index (χ3v) is 4.82. The van der Waals surface area contributed by atoms with Gasteiger partial charge in [-0.05, 0) is 58.1 Å². The predicted octanol–water partition coefficient (Wildman–Crippen LogP) is 2.97. The van der Waals surface area contributed by atoms with E-state index in [1.807, 2.05) is 0 Å². The number of carbonyl (C=O) groups excluding carboxylic acids is 1. The minimum Gasteiger partial charge on any atom is -0.481 e. The fraction of sp³-hybridized carbons (Fsp3) is 0.611. The standard InChI is InChI=1S/C18H27FN2O2/c1-14(23-16-9-7-15(19)8-10-16)17(22)20-13-18(21(2)3)11-5-4-6-12-18/h7-10,14H,4-6,11-13H2,1-3H3,(H,20,22)/t14-/m0/s1. The summed E-state index contributed by atoms with van der Waals surface area (Å²) in [6.45, 7) is 2.35. The number of rotatable bonds is 6. The molecule has 0 radical (unpaired) electrons. The molecule has 0 aliphatic heterocycles. The fourth-order valence-electron chi connectivity index (χ4n) is 3.16. The van der Waals surface area contributed by atoms with Crippen molar-refractivity contribution in [2.75, 3.05) is 20.6 Å². The zero-order valence-electron chi connectivity index (χ0n) is 14.3. The van der Waals surface area contributed by atoms with Crippen molar-refractivity contribution in [3.05, 3.63) is 30.1 Å². The molecule has 5 heteroatoms. The van der Waals surface area contributed by atoms with E-state index in [2.05, 4.69) is 24.3 Å². The van der Waals surface area contributed by atoms with Crippen LogP contribution in [0.25, 0.3) is 0 Å². The molecule has 1 atom stereocenters. The van der Waals surface area contributed by atoms with E-state index < -0.39 is 6.10 Å². The van der Waals surface area contributed by atoms with Gasteiger partial charge in [0.15, 0.2) is 6.10 Å². The van der Waals surface area contributed by atoms with Gasteiger partial charge in [0, 0.05) is 12.1 Å². The molecule has 4 nitrogen and oxygen atoms in total. The third kappa shape index (κ3) is 4.67. The van der Waals surface area contributed by atoms with Crippen LogP contribution in [-0.2, 0) is 4.79 Å². The molecule has 2 rings (SSSR count). The lowest BCUT2D eigenvalue weighted by molar-refractivity contribution is -0.128. The monoisotopic (exact) mass is 322 g/mol. The van der Waals surface area contributed by atoms with Gasteiger partial charge in [-0.25, -0.2) is 4.39 Å². The number of ether oxygens (including phenoxy) is 1. The number of hydrogen-bond donors (Lipinski definition) is 1. The lowest BCUT2D eigenvalue weighted by Gasteiger charge is -2.43. The van der Waals surface area contributed by atoms with Gasteiger partial charge in [0.05, 0.1) is 0 Å². The highest BCUT2D eigenvalue weighted by molar-refractivity contribution is 5.80. The molecule has 0 spiro atoms. The van der Waals surface area contributed by atoms with E-state index >= 15 is 0 Å². The van der Waals surface area contributed by atoms with Crippen LogP contribution in [0.15, 0.2) is 24.3 Å². The molecule has 1 aromatic rings. The molecule has 1 saturated carbocycles. The van der Waals surface area contributed by atoms with Crippen molar-refractivity contribution in [1.29, 1.82) is 0 Å². The van der Waals surface area contributed by atoms with Gasteiger partial charge >= 0.3 is 0 Å². The first-order valence-electron chi connectivity index (χ1n) is 8.30. The van der Waals surface area contributed by atoms with Crippen molar-refractivity contribution in [2.24, 2.45) is 0 Å². The summed E-state index contributed by atoms with van der Waals surface area (Å²) >= 11 is 0. The van der Waals surface area contributed by atoms with Crippen LogP contribution in [0.3, 0.4) is 0 Å². The Bertz CT molecular complexity index is 510. The fourth-order valence-corrected chi connectivity index (χ4v) is 3.16. The molecule has 0 saturated heterocycles. The van der Waals surface area contributed by atoms with Gasteiger partial charge in [0.1, 0.15) is 11.6 Å². The van der Waals surface area contributed by atoms with Gasteiger partial charge in [-0.1, -0.05) is 19.3 Å². The molecule has 1 aliphatic carbocycles. The molecule has 128 valence electrons. The smallest absolute Gasteiger partial charge is 0.260 e. The molecule has 23 heavy (non-hydrogen) atoms. The predicted molar refractivity (Wildman–Crippen MR) is 89.0 cm³/mol. The lowest BCUT2D eigenvalue weighted by Crippen LogP contribution is -2.55. The number of hydrogen-bond acceptors (Lipinski definition) is 3. The molecule has 1 aromatic carbocycles. The normalized spacial score (nSPS) is 18.5. The molecular weight excluding hydrogens is 295 g/mol. The van der Waals surface area contributed by atoms with Crippen LogP contribution < -0.4 is 10.1 Å². The van der Waals surface area contributed by atoms with E-state index in [1.54, 1.807) is 6.92 Å². The van der Waals surface area contributed by atoms with Crippen LogP contribution in [0.1, 0.15) is 39.0 Å². The molecule has 1 N–H and O–H groups in total. The summed E-state index contributed by atoms with van der Waals surface area (Å²) in [6, 6.07) is 5.70. The Kier molecular flexibility index (Phi) is 5.99. The van der Waals surface area contributed by atoms with Crippen LogP contribution in [0.2, 0.25) is 0 Å². The lowest BCUT2D eigenvalue weighted by atomic mass is 9.80. The molecular formula is C18H27FN2O2. The summed E-state index contributed by atoms with van der Waals surface area (Å²) in [5.41, 5.74) is 0.0451. The number of amides is 1. The van der Waals surface area contributed by atoms with Gasteiger partial charge in [0.2, 0.25) is 0 Å². The first-order chi connectivity index (χ1) is 10.9. The summed E-state index contributed by atoms with van der Waals surface area (Å²) in [5, 5.41) is 3.03. The van der Waals surface area contributed by atoms with E-state index in [1.165, 1.54) is 43.5 Å². The summed E-state index contributed by atoms with van der Waals surface area (Å²) in [6.07, 6.45) is 5.28. The minimum atomic E-state index is -0.608. The molecule has 0 aromatic heterocycles. The molecule has 1 fully saturated rings. The summed E-state index contributed by atoms with van der Waals surface area (Å²) < 4.78 is 18.5. The van der Waals surface area contributed by atoms with Crippen LogP contribution in [0, 0.1) is 5.82 Å². The Balaban J connectivity index is 1.88. The zero-order valence-corrected chi connectivity index (χ0v) is 14.3. The van der Waals surface area contributed by atoms with Gasteiger partial charge in [-0.3, -0.25) is 4.79 Å². The van der Waals surface area contributed by atoms with E-state index in [0.29, 0.717) is 12.3 Å². The molecule has 1 amide bonds. The van der Waals surface area contributed by atoms with Crippen LogP contribution in [0.4, 0.5) is 4.39 Å². The highest BCUT2D eigenvalue weighted by atomic mass is 19.1. The Labute approximate surface area is 138 Å². The maximum atomic E-state index is 12.9. The Morgan fingerprint density at radius 3 is 2.43 bits per heavy atom. The highest BCUT2D eigenvalue weighted by Gasteiger charge is 2.34. The first-order valence-corrected chi connectivity index (χ1v) is 8.30. The van der Waals surface area contributed by atoms with Crippen LogP contribution in [-0.4, -0.2) is 43.1 Å². The number of likely N-dealkylation sites (N-methyl/N-ethyl adjacent to an activating group) is 1. The minimum absolute atomic E-state index is 0.0451. The number of benzene rings is 1. The van der Waals surface area contributed by atoms with Crippen molar-refractivity contribution in [3.8, 4) is 5.75 Å². The zero-order chi connectivity index (χ0) is 16.9. The molecule has 0 bridgehead atoms. The highest BCUT2D eigenvalue weighted by Crippen LogP contribution is 2.31. The van der Waals surface area contributed by atoms with Crippen LogP contribution in [0.5, 0.6) is 5.75 Å². The van der Waals surface area contributed by atoms with Crippen molar-refractivity contribution in [2.45, 2.75) is 50.7 Å². The third-order valence-electron chi connectivity index (χ3n) is 4.82. The number of nitrogens with zero attached hydrogens (tertiary/aromatic N) is 1. The Hall–Kier alpha value is -1.62. The summed E-state index contributed by atoms with van der Waals surface area (Å²) in [4.78, 5) is 14.5. The maximum absolute atomic E-state index is 12.9. The topological polar surface area (TPSA) is 41.6 Å². The summed E-state index contributed by atoms with van der Waals surface area (Å²) in [5.74, 6) is 0.0369. The van der Waals surface area contributed by atoms with Crippen molar-refractivity contribution in [1.82, 2.24) is 10.2 Å². The van der Waals surface area contributed by atoms with Crippen molar-refractivity contribution in [3.63, 3.8) is 0 Å². The van der Waals surface area contributed by atoms with E-state index in [9.17, 15) is 9.18 Å².